The molecule has 0 bridgehead atoms. The quantitative estimate of drug-likeness (QED) is 0.270. The Morgan fingerprint density at radius 2 is 0.467 bits per heavy atom. The highest BCUT2D eigenvalue weighted by atomic mass is 16.5. The Labute approximate surface area is 665 Å². The molecule has 0 amide bonds. The fraction of sp³-hybridized carbons (Fsp3) is 1.00. The molecule has 13 rings (SSSR count). The summed E-state index contributed by atoms with van der Waals surface area (Å²) in [5, 5.41) is 3.27. The first kappa shape index (κ1) is 120. The van der Waals surface area contributed by atoms with Crippen LogP contribution in [0.1, 0.15) is 285 Å². The van der Waals surface area contributed by atoms with Gasteiger partial charge in [0.1, 0.15) is 0 Å². The number of piperazine rings is 3. The first-order valence-corrected chi connectivity index (χ1v) is 45.4. The number of likely N-dealkylation sites (tertiary alicyclic amines) is 3. The standard InChI is InChI=1S/C7H16N2.C7H14.C6H14N2.C6H13N.C6H12.2C5H12N2.2C5H11NO.2C5H11N.2C5H10O.8C2H6/c1-3-9-6-4-8(2)5-7-9;1-7-5-3-2-4-6-7;1-7-3-5-8(2)6-4-7;1-7-5-3-2-4-6-7;1-2-4-6-5-3-1;1-6-3-4-7(2)5-6;1-7-4-2-6-3-5-7;1-6-2-4-7-5-3-6;1-6-3-2-4-7-5-6;2*1-6-4-2-3-5-6;2*1-2-4-6-5-3-1;8*1-2/h3-7H2,1-2H3;7H,2-6H2,1H3;3-6H2,1-2H3;2-6H2,1H3;1-6H2;3-5H2,1-2H3;6H,2-5H2,1H3;2*2-5H2,1H3;2*2-5H2,1H3;2*1-5H2;8*1-2H3. The molecule has 11 saturated heterocycles. The van der Waals surface area contributed by atoms with Crippen LogP contribution in [0.2, 0.25) is 0 Å². The number of likely N-dealkylation sites (N-methyl/N-ethyl adjacent to an activating group) is 8. The SMILES string of the molecule is C1CCCCC1.C1CCOCC1.C1CCOCC1.CC.CC.CC.CC.CC.CC.CC.CC.CC1CCCCC1.CCN1CCN(C)CC1.CN1CCCC1.CN1CCCC1.CN1CCCCC1.CN1CCCOC1.CN1CCN(C)C1.CN1CCN(C)CC1.CN1CCNCC1.CN1CCOCC1. The molecule has 646 valence electrons. The predicted octanol–water partition coefficient (Wildman–Crippen LogP) is 17.7. The minimum atomic E-state index is 0.819. The number of piperidine rings is 1. The fourth-order valence-electron chi connectivity index (χ4n) is 11.7. The van der Waals surface area contributed by atoms with E-state index < -0.39 is 0 Å². The van der Waals surface area contributed by atoms with Crippen molar-refractivity contribution in [1.29, 1.82) is 0 Å². The maximum absolute atomic E-state index is 5.11. The highest BCUT2D eigenvalue weighted by Crippen LogP contribution is 2.22. The maximum Gasteiger partial charge on any atom is 0.0987 e. The van der Waals surface area contributed by atoms with E-state index in [1.54, 1.807) is 0 Å². The van der Waals surface area contributed by atoms with Gasteiger partial charge in [0.15, 0.2) is 0 Å². The van der Waals surface area contributed by atoms with Gasteiger partial charge in [-0.1, -0.05) is 202 Å². The molecular formula is C88H205N13O4. The third-order valence-corrected chi connectivity index (χ3v) is 18.6. The number of hydrogen-bond donors (Lipinski definition) is 1. The monoisotopic (exact) mass is 1510 g/mol. The lowest BCUT2D eigenvalue weighted by molar-refractivity contribution is 0.00118. The lowest BCUT2D eigenvalue weighted by atomic mass is 9.91. The number of nitrogens with zero attached hydrogens (tertiary/aromatic N) is 12. The van der Waals surface area contributed by atoms with Crippen molar-refractivity contribution in [3.63, 3.8) is 0 Å². The summed E-state index contributed by atoms with van der Waals surface area (Å²) in [7, 11) is 23.7. The van der Waals surface area contributed by atoms with E-state index in [1.165, 1.54) is 291 Å². The van der Waals surface area contributed by atoms with Crippen LogP contribution in [-0.4, -0.2) is 353 Å². The number of morpholine rings is 1. The third kappa shape index (κ3) is 101. The first-order chi connectivity index (χ1) is 51.2. The summed E-state index contributed by atoms with van der Waals surface area (Å²) in [6.45, 7) is 75.0. The zero-order valence-corrected chi connectivity index (χ0v) is 78.1. The summed E-state index contributed by atoms with van der Waals surface area (Å²) < 4.78 is 20.3. The van der Waals surface area contributed by atoms with Gasteiger partial charge in [-0.2, -0.15) is 0 Å². The second-order valence-electron chi connectivity index (χ2n) is 28.2. The molecule has 0 spiro atoms. The molecule has 0 atom stereocenters. The number of ether oxygens (including phenoxy) is 4. The maximum atomic E-state index is 5.11. The van der Waals surface area contributed by atoms with Gasteiger partial charge in [-0.05, 0) is 213 Å². The van der Waals surface area contributed by atoms with E-state index in [4.69, 9.17) is 18.9 Å². The third-order valence-electron chi connectivity index (χ3n) is 18.6. The van der Waals surface area contributed by atoms with Gasteiger partial charge in [0.25, 0.3) is 0 Å². The summed E-state index contributed by atoms with van der Waals surface area (Å²) in [6.07, 6.45) is 35.4. The Balaban J connectivity index is -0.000000159. The molecule has 105 heavy (non-hydrogen) atoms. The zero-order chi connectivity index (χ0) is 81.1. The van der Waals surface area contributed by atoms with Gasteiger partial charge in [-0.15, -0.1) is 0 Å². The highest BCUT2D eigenvalue weighted by molar-refractivity contribution is 4.69. The molecule has 13 fully saturated rings. The predicted molar refractivity (Wildman–Crippen MR) is 476 cm³/mol. The molecule has 17 heteroatoms. The van der Waals surface area contributed by atoms with Crippen molar-refractivity contribution in [2.75, 3.05) is 294 Å². The molecule has 0 aromatic rings. The van der Waals surface area contributed by atoms with E-state index in [0.717, 1.165) is 91.7 Å². The van der Waals surface area contributed by atoms with Crippen LogP contribution in [0.4, 0.5) is 0 Å². The van der Waals surface area contributed by atoms with E-state index in [2.05, 4.69) is 155 Å². The molecule has 2 saturated carbocycles. The topological polar surface area (TPSA) is 87.8 Å². The first-order valence-electron chi connectivity index (χ1n) is 45.4. The molecular weight excluding hydrogens is 1300 g/mol. The van der Waals surface area contributed by atoms with Gasteiger partial charge < -0.3 is 68.4 Å². The van der Waals surface area contributed by atoms with Crippen LogP contribution in [0.15, 0.2) is 0 Å². The molecule has 0 unspecified atom stereocenters. The number of hydrogen-bond acceptors (Lipinski definition) is 17. The van der Waals surface area contributed by atoms with E-state index in [1.807, 2.05) is 111 Å². The lowest BCUT2D eigenvalue weighted by Gasteiger charge is -2.31. The van der Waals surface area contributed by atoms with Gasteiger partial charge in [0, 0.05) is 144 Å². The van der Waals surface area contributed by atoms with Crippen molar-refractivity contribution in [3.05, 3.63) is 0 Å². The molecule has 2 aliphatic carbocycles. The van der Waals surface area contributed by atoms with Crippen LogP contribution in [0.25, 0.3) is 0 Å². The minimum Gasteiger partial charge on any atom is -0.381 e. The Kier molecular flexibility index (Phi) is 120. The summed E-state index contributed by atoms with van der Waals surface area (Å²) in [5.41, 5.74) is 0. The van der Waals surface area contributed by atoms with Crippen molar-refractivity contribution < 1.29 is 18.9 Å². The molecule has 13 aliphatic rings. The van der Waals surface area contributed by atoms with Gasteiger partial charge >= 0.3 is 0 Å². The van der Waals surface area contributed by atoms with Crippen LogP contribution in [0, 0.1) is 5.92 Å². The summed E-state index contributed by atoms with van der Waals surface area (Å²) in [4.78, 5) is 28.1. The largest absolute Gasteiger partial charge is 0.381 e. The Morgan fingerprint density at radius 1 is 0.229 bits per heavy atom. The van der Waals surface area contributed by atoms with Crippen molar-refractivity contribution >= 4 is 0 Å². The number of rotatable bonds is 1. The van der Waals surface area contributed by atoms with Crippen molar-refractivity contribution in [2.24, 2.45) is 5.92 Å². The second kappa shape index (κ2) is 105. The van der Waals surface area contributed by atoms with Crippen LogP contribution in [0.3, 0.4) is 0 Å². The molecule has 17 nitrogen and oxygen atoms in total. The summed E-state index contributed by atoms with van der Waals surface area (Å²) in [5.74, 6) is 1.04. The van der Waals surface area contributed by atoms with Crippen molar-refractivity contribution in [2.45, 2.75) is 285 Å². The average molecular weight is 1510 g/mol. The van der Waals surface area contributed by atoms with Gasteiger partial charge in [0.05, 0.1) is 26.6 Å². The Hall–Kier alpha value is -0.680. The normalized spacial score (nSPS) is 21.8. The summed E-state index contributed by atoms with van der Waals surface area (Å²) >= 11 is 0. The smallest absolute Gasteiger partial charge is 0.0987 e. The van der Waals surface area contributed by atoms with E-state index in [0.29, 0.717) is 0 Å². The molecule has 0 aromatic heterocycles. The van der Waals surface area contributed by atoms with Crippen LogP contribution < -0.4 is 5.32 Å². The Bertz CT molecular complexity index is 1180. The van der Waals surface area contributed by atoms with Gasteiger partial charge in [0.2, 0.25) is 0 Å². The highest BCUT2D eigenvalue weighted by Gasteiger charge is 2.13. The minimum absolute atomic E-state index is 0.819. The van der Waals surface area contributed by atoms with Gasteiger partial charge in [-0.25, -0.2) is 0 Å². The zero-order valence-electron chi connectivity index (χ0n) is 78.1. The van der Waals surface area contributed by atoms with E-state index >= 15 is 0 Å². The van der Waals surface area contributed by atoms with E-state index in [-0.39, 0.29) is 0 Å². The average Bonchev–Trinajstić information content (AvgIpc) is 1.30. The Morgan fingerprint density at radius 3 is 0.638 bits per heavy atom. The summed E-state index contributed by atoms with van der Waals surface area (Å²) in [6, 6.07) is 0. The van der Waals surface area contributed by atoms with Crippen LogP contribution >= 0.6 is 0 Å². The molecule has 0 aromatic carbocycles. The van der Waals surface area contributed by atoms with Gasteiger partial charge in [-0.3, -0.25) is 14.7 Å². The second-order valence-corrected chi connectivity index (χ2v) is 28.2. The number of nitrogens with one attached hydrogen (secondary N) is 1. The molecule has 11 heterocycles. The lowest BCUT2D eigenvalue weighted by Crippen LogP contribution is -2.44. The van der Waals surface area contributed by atoms with Crippen LogP contribution in [-0.2, 0) is 18.9 Å². The van der Waals surface area contributed by atoms with E-state index in [9.17, 15) is 0 Å². The van der Waals surface area contributed by atoms with Crippen LogP contribution in [0.5, 0.6) is 0 Å². The molecule has 0 radical (unpaired) electrons. The molecule has 11 aliphatic heterocycles. The van der Waals surface area contributed by atoms with Crippen molar-refractivity contribution in [1.82, 2.24) is 64.1 Å². The molecule has 1 N–H and O–H groups in total. The van der Waals surface area contributed by atoms with Crippen molar-refractivity contribution in [3.8, 4) is 0 Å². The fourth-order valence-corrected chi connectivity index (χ4v) is 11.7.